The molecule has 0 aromatic heterocycles. The lowest BCUT2D eigenvalue weighted by Crippen LogP contribution is -2.14. The van der Waals surface area contributed by atoms with E-state index < -0.39 is 23.1 Å². The molecule has 6 heteroatoms. The Morgan fingerprint density at radius 2 is 2.00 bits per heavy atom. The smallest absolute Gasteiger partial charge is 0.293 e. The molecule has 0 saturated heterocycles. The summed E-state index contributed by atoms with van der Waals surface area (Å²) in [5, 5.41) is -0.0209. The normalized spacial score (nSPS) is 11.6. The first-order valence-electron chi connectivity index (χ1n) is 4.24. The molecule has 1 nitrogen and oxygen atoms in total. The van der Waals surface area contributed by atoms with Gasteiger partial charge in [0.05, 0.1) is 10.9 Å². The van der Waals surface area contributed by atoms with Crippen molar-refractivity contribution in [3.05, 3.63) is 33.8 Å². The molecular weight excluding hydrogens is 308 g/mol. The summed E-state index contributed by atoms with van der Waals surface area (Å²) < 4.78 is 37.9. The van der Waals surface area contributed by atoms with Crippen LogP contribution in [0.1, 0.15) is 21.5 Å². The molecule has 0 heterocycles. The van der Waals surface area contributed by atoms with Crippen LogP contribution >= 0.6 is 27.5 Å². The molecule has 0 aliphatic carbocycles. The number of carbonyl (C=O) groups is 1. The van der Waals surface area contributed by atoms with E-state index >= 15 is 0 Å². The van der Waals surface area contributed by atoms with Crippen LogP contribution in [0.15, 0.2) is 12.1 Å². The van der Waals surface area contributed by atoms with Crippen molar-refractivity contribution in [3.8, 4) is 0 Å². The zero-order chi connectivity index (χ0) is 12.5. The van der Waals surface area contributed by atoms with E-state index in [2.05, 4.69) is 15.9 Å². The van der Waals surface area contributed by atoms with Crippen LogP contribution in [-0.2, 0) is 6.18 Å². The molecule has 0 spiro atoms. The van der Waals surface area contributed by atoms with Crippen molar-refractivity contribution in [1.82, 2.24) is 0 Å². The van der Waals surface area contributed by atoms with E-state index in [0.717, 1.165) is 12.1 Å². The summed E-state index contributed by atoms with van der Waals surface area (Å²) in [5.74, 6) is -0.644. The van der Waals surface area contributed by atoms with Crippen LogP contribution in [0.2, 0.25) is 5.02 Å². The van der Waals surface area contributed by atoms with Gasteiger partial charge in [-0.15, -0.1) is 0 Å². The van der Waals surface area contributed by atoms with Gasteiger partial charge < -0.3 is 0 Å². The summed E-state index contributed by atoms with van der Waals surface area (Å²) in [6.07, 6.45) is -4.55. The Labute approximate surface area is 104 Å². The zero-order valence-electron chi connectivity index (χ0n) is 8.16. The zero-order valence-corrected chi connectivity index (χ0v) is 10.5. The van der Waals surface area contributed by atoms with Crippen molar-refractivity contribution in [2.24, 2.45) is 0 Å². The third-order valence-corrected chi connectivity index (χ3v) is 2.94. The van der Waals surface area contributed by atoms with E-state index in [1.807, 2.05) is 0 Å². The first kappa shape index (κ1) is 13.5. The number of benzene rings is 1. The van der Waals surface area contributed by atoms with E-state index in [0.29, 0.717) is 5.56 Å². The Morgan fingerprint density at radius 1 is 1.44 bits per heavy atom. The molecule has 0 aliphatic heterocycles. The van der Waals surface area contributed by atoms with Gasteiger partial charge in [0.25, 0.3) is 0 Å². The number of aryl methyl sites for hydroxylation is 1. The van der Waals surface area contributed by atoms with Gasteiger partial charge in [0, 0.05) is 10.6 Å². The van der Waals surface area contributed by atoms with Crippen LogP contribution in [0, 0.1) is 6.92 Å². The third kappa shape index (κ3) is 2.77. The maximum absolute atomic E-state index is 12.6. The lowest BCUT2D eigenvalue weighted by Gasteiger charge is -2.13. The standard InChI is InChI=1S/C10H7BrClF3O/c1-5-2-7(10(13,14)15)6(3-8(5)12)9(16)4-11/h2-3H,4H2,1H3. The number of halogens is 5. The molecule has 16 heavy (non-hydrogen) atoms. The highest BCUT2D eigenvalue weighted by molar-refractivity contribution is 9.09. The maximum atomic E-state index is 12.6. The molecule has 88 valence electrons. The van der Waals surface area contributed by atoms with Gasteiger partial charge in [-0.3, -0.25) is 4.79 Å². The largest absolute Gasteiger partial charge is 0.417 e. The van der Waals surface area contributed by atoms with Crippen molar-refractivity contribution >= 4 is 33.3 Å². The minimum Gasteiger partial charge on any atom is -0.293 e. The monoisotopic (exact) mass is 314 g/mol. The molecule has 1 rings (SSSR count). The fourth-order valence-electron chi connectivity index (χ4n) is 1.22. The van der Waals surface area contributed by atoms with Crippen LogP contribution in [0.5, 0.6) is 0 Å². The first-order valence-corrected chi connectivity index (χ1v) is 5.74. The Kier molecular flexibility index (Phi) is 4.02. The van der Waals surface area contributed by atoms with Crippen LogP contribution < -0.4 is 0 Å². The van der Waals surface area contributed by atoms with Crippen molar-refractivity contribution in [3.63, 3.8) is 0 Å². The minimum atomic E-state index is -4.55. The second-order valence-electron chi connectivity index (χ2n) is 3.20. The summed E-state index contributed by atoms with van der Waals surface area (Å²) in [6, 6.07) is 1.95. The molecule has 1 aromatic carbocycles. The molecule has 1 aromatic rings. The van der Waals surface area contributed by atoms with E-state index in [4.69, 9.17) is 11.6 Å². The minimum absolute atomic E-state index is 0.150. The SMILES string of the molecule is Cc1cc(C(F)(F)F)c(C(=O)CBr)cc1Cl. The lowest BCUT2D eigenvalue weighted by molar-refractivity contribution is -0.137. The summed E-state index contributed by atoms with van der Waals surface area (Å²) in [6.45, 7) is 1.46. The van der Waals surface area contributed by atoms with Crippen LogP contribution in [0.3, 0.4) is 0 Å². The Balaban J connectivity index is 3.45. The Hall–Kier alpha value is -0.550. The van der Waals surface area contributed by atoms with E-state index in [1.54, 1.807) is 0 Å². The number of carbonyl (C=O) groups excluding carboxylic acids is 1. The predicted octanol–water partition coefficient (Wildman–Crippen LogP) is 4.24. The van der Waals surface area contributed by atoms with Crippen LogP contribution in [0.4, 0.5) is 13.2 Å². The molecule has 0 unspecified atom stereocenters. The quantitative estimate of drug-likeness (QED) is 0.589. The average molecular weight is 316 g/mol. The molecule has 0 N–H and O–H groups in total. The highest BCUT2D eigenvalue weighted by Crippen LogP contribution is 2.35. The molecule has 0 bridgehead atoms. The van der Waals surface area contributed by atoms with Crippen molar-refractivity contribution in [1.29, 1.82) is 0 Å². The fourth-order valence-corrected chi connectivity index (χ4v) is 1.68. The van der Waals surface area contributed by atoms with Gasteiger partial charge in [0.15, 0.2) is 5.78 Å². The number of alkyl halides is 4. The third-order valence-electron chi connectivity index (χ3n) is 2.03. The van der Waals surface area contributed by atoms with Gasteiger partial charge in [0.2, 0.25) is 0 Å². The van der Waals surface area contributed by atoms with Gasteiger partial charge in [-0.1, -0.05) is 27.5 Å². The van der Waals surface area contributed by atoms with Crippen molar-refractivity contribution in [2.45, 2.75) is 13.1 Å². The second kappa shape index (κ2) is 4.75. The summed E-state index contributed by atoms with van der Waals surface area (Å²) in [5.41, 5.74) is -1.06. The molecule has 0 atom stereocenters. The van der Waals surface area contributed by atoms with Gasteiger partial charge in [0.1, 0.15) is 0 Å². The molecule has 0 aliphatic rings. The topological polar surface area (TPSA) is 17.1 Å². The predicted molar refractivity (Wildman–Crippen MR) is 59.3 cm³/mol. The summed E-state index contributed by atoms with van der Waals surface area (Å²) in [4.78, 5) is 11.3. The second-order valence-corrected chi connectivity index (χ2v) is 4.17. The van der Waals surface area contributed by atoms with Gasteiger partial charge in [-0.05, 0) is 24.6 Å². The van der Waals surface area contributed by atoms with Crippen molar-refractivity contribution < 1.29 is 18.0 Å². The van der Waals surface area contributed by atoms with E-state index in [9.17, 15) is 18.0 Å². The number of ketones is 1. The number of Topliss-reactive ketones (excluding diaryl/α,β-unsaturated/α-hetero) is 1. The van der Waals surface area contributed by atoms with Crippen LogP contribution in [0.25, 0.3) is 0 Å². The van der Waals surface area contributed by atoms with Gasteiger partial charge >= 0.3 is 6.18 Å². The lowest BCUT2D eigenvalue weighted by atomic mass is 10.0. The number of rotatable bonds is 2. The summed E-state index contributed by atoms with van der Waals surface area (Å²) >= 11 is 8.54. The molecule has 0 amide bonds. The molecular formula is C10H7BrClF3O. The van der Waals surface area contributed by atoms with Gasteiger partial charge in [-0.25, -0.2) is 0 Å². The van der Waals surface area contributed by atoms with Crippen molar-refractivity contribution in [2.75, 3.05) is 5.33 Å². The highest BCUT2D eigenvalue weighted by atomic mass is 79.9. The first-order chi connectivity index (χ1) is 7.27. The fraction of sp³-hybridized carbons (Fsp3) is 0.300. The average Bonchev–Trinajstić information content (AvgIpc) is 2.18. The molecule has 0 fully saturated rings. The highest BCUT2D eigenvalue weighted by Gasteiger charge is 2.35. The molecule has 0 radical (unpaired) electrons. The summed E-state index contributed by atoms with van der Waals surface area (Å²) in [7, 11) is 0. The Bertz CT molecular complexity index is 429. The van der Waals surface area contributed by atoms with Crippen LogP contribution in [-0.4, -0.2) is 11.1 Å². The van der Waals surface area contributed by atoms with E-state index in [-0.39, 0.29) is 10.4 Å². The number of hydrogen-bond acceptors (Lipinski definition) is 1. The Morgan fingerprint density at radius 3 is 2.44 bits per heavy atom. The van der Waals surface area contributed by atoms with Gasteiger partial charge in [-0.2, -0.15) is 13.2 Å². The number of hydrogen-bond donors (Lipinski definition) is 0. The maximum Gasteiger partial charge on any atom is 0.417 e. The van der Waals surface area contributed by atoms with E-state index in [1.165, 1.54) is 6.92 Å². The molecule has 0 saturated carbocycles.